The van der Waals surface area contributed by atoms with Gasteiger partial charge in [-0.15, -0.1) is 0 Å². The van der Waals surface area contributed by atoms with Gasteiger partial charge in [0, 0.05) is 42.9 Å². The van der Waals surface area contributed by atoms with Gasteiger partial charge < -0.3 is 29.4 Å². The molecule has 0 bridgehead atoms. The van der Waals surface area contributed by atoms with Gasteiger partial charge >= 0.3 is 6.09 Å². The summed E-state index contributed by atoms with van der Waals surface area (Å²) in [5.41, 5.74) is 5.07. The van der Waals surface area contributed by atoms with Crippen LogP contribution in [0.3, 0.4) is 0 Å². The number of rotatable bonds is 9. The summed E-state index contributed by atoms with van der Waals surface area (Å²) in [4.78, 5) is 37.0. The molecule has 2 aromatic heterocycles. The Balaban J connectivity index is 1.17. The van der Waals surface area contributed by atoms with Crippen molar-refractivity contribution in [1.82, 2.24) is 24.8 Å². The lowest BCUT2D eigenvalue weighted by molar-refractivity contribution is -0.0796. The third kappa shape index (κ3) is 8.75. The number of likely N-dealkylation sites (tertiary alicyclic amines) is 1. The minimum absolute atomic E-state index is 0.00307. The molecule has 0 aliphatic carbocycles. The number of nitrogens with one attached hydrogen (secondary N) is 2. The Bertz CT molecular complexity index is 1710. The molecule has 4 heterocycles. The molecule has 2 aromatic carbocycles. The van der Waals surface area contributed by atoms with Crippen LogP contribution in [-0.2, 0) is 16.0 Å². The van der Waals surface area contributed by atoms with E-state index in [9.17, 15) is 9.59 Å². The number of benzene rings is 2. The summed E-state index contributed by atoms with van der Waals surface area (Å²) in [5.74, 6) is 0.485. The summed E-state index contributed by atoms with van der Waals surface area (Å²) in [6.07, 6.45) is 6.93. The van der Waals surface area contributed by atoms with Gasteiger partial charge in [0.25, 0.3) is 5.91 Å². The molecule has 2 saturated heterocycles. The fourth-order valence-electron chi connectivity index (χ4n) is 5.73. The lowest BCUT2D eigenvalue weighted by Crippen LogP contribution is -2.48. The molecule has 0 unspecified atom stereocenters. The first-order valence-electron chi connectivity index (χ1n) is 16.1. The lowest BCUT2D eigenvalue weighted by Gasteiger charge is -2.33. The number of hydrogen-bond donors (Lipinski definition) is 2. The maximum atomic E-state index is 13.5. The monoisotopic (exact) mass is 638 g/mol. The van der Waals surface area contributed by atoms with Crippen LogP contribution in [0, 0.1) is 6.92 Å². The molecule has 2 N–H and O–H groups in total. The van der Waals surface area contributed by atoms with Crippen LogP contribution in [0.4, 0.5) is 10.5 Å². The summed E-state index contributed by atoms with van der Waals surface area (Å²) in [7, 11) is 0. The number of imidazole rings is 1. The van der Waals surface area contributed by atoms with Crippen molar-refractivity contribution in [1.29, 1.82) is 0 Å². The number of pyridine rings is 1. The molecule has 0 saturated carbocycles. The molecule has 246 valence electrons. The van der Waals surface area contributed by atoms with Crippen molar-refractivity contribution < 1.29 is 23.8 Å². The fraction of sp³-hybridized carbons (Fsp3) is 0.389. The van der Waals surface area contributed by atoms with Crippen molar-refractivity contribution in [3.63, 3.8) is 0 Å². The number of carbonyl (C=O) groups excluding carboxylic acids is 2. The molecule has 0 radical (unpaired) electrons. The second-order valence-electron chi connectivity index (χ2n) is 13.2. The molecule has 2 aliphatic rings. The number of carbonyl (C=O) groups is 2. The van der Waals surface area contributed by atoms with Gasteiger partial charge in [0.2, 0.25) is 0 Å². The summed E-state index contributed by atoms with van der Waals surface area (Å²) in [5, 5.41) is 6.10. The maximum Gasteiger partial charge on any atom is 0.407 e. The largest absolute Gasteiger partial charge is 0.486 e. The average Bonchev–Trinajstić information content (AvgIpc) is 3.45. The number of ether oxygens (including phenoxy) is 3. The molecule has 1 atom stereocenters. The van der Waals surface area contributed by atoms with E-state index in [1.165, 1.54) is 0 Å². The van der Waals surface area contributed by atoms with Gasteiger partial charge in [-0.25, -0.2) is 9.78 Å². The van der Waals surface area contributed by atoms with Crippen LogP contribution in [-0.4, -0.2) is 75.5 Å². The van der Waals surface area contributed by atoms with Gasteiger partial charge in [-0.3, -0.25) is 14.7 Å². The molecule has 4 aromatic rings. The Morgan fingerprint density at radius 3 is 2.53 bits per heavy atom. The van der Waals surface area contributed by atoms with Gasteiger partial charge in [0.05, 0.1) is 25.2 Å². The van der Waals surface area contributed by atoms with Crippen LogP contribution >= 0.6 is 0 Å². The Labute approximate surface area is 275 Å². The molecule has 47 heavy (non-hydrogen) atoms. The zero-order valence-electron chi connectivity index (χ0n) is 27.4. The summed E-state index contributed by atoms with van der Waals surface area (Å²) < 4.78 is 18.5. The van der Waals surface area contributed by atoms with E-state index in [4.69, 9.17) is 14.2 Å². The van der Waals surface area contributed by atoms with Crippen molar-refractivity contribution in [3.8, 4) is 22.6 Å². The first kappa shape index (κ1) is 32.2. The molecule has 2 fully saturated rings. The number of piperidine rings is 1. The van der Waals surface area contributed by atoms with Crippen LogP contribution in [0.15, 0.2) is 73.3 Å². The van der Waals surface area contributed by atoms with Crippen LogP contribution in [0.25, 0.3) is 16.8 Å². The van der Waals surface area contributed by atoms with Crippen molar-refractivity contribution in [2.24, 2.45) is 0 Å². The highest BCUT2D eigenvalue weighted by Gasteiger charge is 2.25. The predicted molar refractivity (Wildman–Crippen MR) is 179 cm³/mol. The smallest absolute Gasteiger partial charge is 0.407 e. The highest BCUT2D eigenvalue weighted by Crippen LogP contribution is 2.26. The topological polar surface area (TPSA) is 120 Å². The summed E-state index contributed by atoms with van der Waals surface area (Å²) in [6.45, 7) is 11.0. The first-order chi connectivity index (χ1) is 22.6. The van der Waals surface area contributed by atoms with E-state index in [0.717, 1.165) is 53.2 Å². The quantitative estimate of drug-likeness (QED) is 0.238. The molecular formula is C36H42N6O5. The zero-order chi connectivity index (χ0) is 33.0. The summed E-state index contributed by atoms with van der Waals surface area (Å²) in [6, 6.07) is 17.5. The standard InChI is InChI=1S/C36H42N6O5/c1-24-18-42(23-38-24)30-15-25(19-41-13-5-6-28(20-41)40-35(44)47-36(2,3)4)14-29(17-30)39-34(43)33-16-27(11-12-37-33)26-7-9-31(10-8-26)46-32-21-45-22-32/h7-12,14-18,23,28,32H,5-6,13,19-22H2,1-4H3,(H,39,43)(H,40,44)/t28-/m0/s1. The molecule has 11 nitrogen and oxygen atoms in total. The molecule has 2 amide bonds. The highest BCUT2D eigenvalue weighted by atomic mass is 16.6. The SMILES string of the molecule is Cc1cn(-c2cc(CN3CCC[C@H](NC(=O)OC(C)(C)C)C3)cc(NC(=O)c3cc(-c4ccc(OC5COC5)cc4)ccn3)c2)cn1. The van der Waals surface area contributed by atoms with Crippen molar-refractivity contribution in [3.05, 3.63) is 90.3 Å². The van der Waals surface area contributed by atoms with Crippen LogP contribution in [0.2, 0.25) is 0 Å². The maximum absolute atomic E-state index is 13.5. The van der Waals surface area contributed by atoms with E-state index in [2.05, 4.69) is 31.6 Å². The highest BCUT2D eigenvalue weighted by molar-refractivity contribution is 6.03. The number of aryl methyl sites for hydroxylation is 1. The molecule has 6 rings (SSSR count). The number of amides is 2. The van der Waals surface area contributed by atoms with Gasteiger partial charge in [-0.1, -0.05) is 12.1 Å². The Morgan fingerprint density at radius 2 is 1.83 bits per heavy atom. The second-order valence-corrected chi connectivity index (χ2v) is 13.2. The fourth-order valence-corrected chi connectivity index (χ4v) is 5.73. The number of aromatic nitrogens is 3. The predicted octanol–water partition coefficient (Wildman–Crippen LogP) is 5.76. The molecule has 0 spiro atoms. The van der Waals surface area contributed by atoms with E-state index in [-0.39, 0.29) is 18.1 Å². The van der Waals surface area contributed by atoms with Crippen molar-refractivity contribution in [2.75, 3.05) is 31.6 Å². The number of alkyl carbamates (subject to hydrolysis) is 1. The first-order valence-corrected chi connectivity index (χ1v) is 16.1. The van der Waals surface area contributed by atoms with E-state index < -0.39 is 11.7 Å². The molecule has 2 aliphatic heterocycles. The van der Waals surface area contributed by atoms with E-state index in [1.54, 1.807) is 18.6 Å². The van der Waals surface area contributed by atoms with Crippen molar-refractivity contribution >= 4 is 17.7 Å². The van der Waals surface area contributed by atoms with E-state index in [0.29, 0.717) is 37.7 Å². The van der Waals surface area contributed by atoms with Crippen molar-refractivity contribution in [2.45, 2.75) is 64.8 Å². The van der Waals surface area contributed by atoms with Crippen LogP contribution in [0.1, 0.15) is 55.4 Å². The Kier molecular flexibility index (Phi) is 9.55. The number of anilines is 1. The Hall–Kier alpha value is -4.74. The van der Waals surface area contributed by atoms with E-state index >= 15 is 0 Å². The lowest BCUT2D eigenvalue weighted by atomic mass is 10.0. The molecule has 11 heteroatoms. The number of nitrogens with zero attached hydrogens (tertiary/aromatic N) is 4. The van der Waals surface area contributed by atoms with Gasteiger partial charge in [-0.05, 0) is 106 Å². The summed E-state index contributed by atoms with van der Waals surface area (Å²) >= 11 is 0. The Morgan fingerprint density at radius 1 is 1.02 bits per heavy atom. The zero-order valence-corrected chi connectivity index (χ0v) is 27.4. The second kappa shape index (κ2) is 13.9. The average molecular weight is 639 g/mol. The third-order valence-corrected chi connectivity index (χ3v) is 7.97. The third-order valence-electron chi connectivity index (χ3n) is 7.97. The van der Waals surface area contributed by atoms with Crippen LogP contribution < -0.4 is 15.4 Å². The van der Waals surface area contributed by atoms with E-state index in [1.807, 2.05) is 80.9 Å². The van der Waals surface area contributed by atoms with Crippen LogP contribution in [0.5, 0.6) is 5.75 Å². The van der Waals surface area contributed by atoms with Gasteiger partial charge in [-0.2, -0.15) is 0 Å². The van der Waals surface area contributed by atoms with Gasteiger partial charge in [0.15, 0.2) is 0 Å². The number of hydrogen-bond acceptors (Lipinski definition) is 8. The minimum atomic E-state index is -0.547. The minimum Gasteiger partial charge on any atom is -0.486 e. The van der Waals surface area contributed by atoms with Gasteiger partial charge in [0.1, 0.15) is 23.1 Å². The normalized spacial score (nSPS) is 17.1. The molecular weight excluding hydrogens is 596 g/mol.